The van der Waals surface area contributed by atoms with Crippen molar-refractivity contribution in [2.45, 2.75) is 18.8 Å². The van der Waals surface area contributed by atoms with Crippen molar-refractivity contribution in [3.63, 3.8) is 0 Å². The summed E-state index contributed by atoms with van der Waals surface area (Å²) >= 11 is 7.33. The molecule has 0 atom stereocenters. The van der Waals surface area contributed by atoms with Gasteiger partial charge in [-0.15, -0.1) is 11.3 Å². The standard InChI is InChI=1S/C12H11ClN4OS/c13-7-3-4-9(14)16-10(7)11(18)17-12-15-8(5-19-12)6-1-2-6/h3-6H,1-2H2,(H2,14,16)(H,15,17,18). The zero-order valence-electron chi connectivity index (χ0n) is 9.89. The summed E-state index contributed by atoms with van der Waals surface area (Å²) in [5.74, 6) is 0.428. The SMILES string of the molecule is Nc1ccc(Cl)c(C(=O)Nc2nc(C3CC3)cs2)n1. The Kier molecular flexibility index (Phi) is 3.12. The summed E-state index contributed by atoms with van der Waals surface area (Å²) in [6.45, 7) is 0. The third-order valence-corrected chi connectivity index (χ3v) is 3.90. The Hall–Kier alpha value is -1.66. The highest BCUT2D eigenvalue weighted by Gasteiger charge is 2.26. The number of nitrogens with one attached hydrogen (secondary N) is 1. The van der Waals surface area contributed by atoms with Crippen LogP contribution in [0.5, 0.6) is 0 Å². The maximum atomic E-state index is 12.0. The molecule has 1 aliphatic carbocycles. The number of anilines is 2. The van der Waals surface area contributed by atoms with Crippen LogP contribution >= 0.6 is 22.9 Å². The lowest BCUT2D eigenvalue weighted by Gasteiger charge is -2.03. The maximum Gasteiger partial charge on any atom is 0.277 e. The number of nitrogens with two attached hydrogens (primary N) is 1. The van der Waals surface area contributed by atoms with Gasteiger partial charge in [0.25, 0.3) is 5.91 Å². The summed E-state index contributed by atoms with van der Waals surface area (Å²) < 4.78 is 0. The number of rotatable bonds is 3. The van der Waals surface area contributed by atoms with Crippen molar-refractivity contribution in [2.75, 3.05) is 11.1 Å². The molecule has 0 unspecified atom stereocenters. The molecule has 5 nitrogen and oxygen atoms in total. The van der Waals surface area contributed by atoms with Gasteiger partial charge in [0.1, 0.15) is 11.5 Å². The number of carbonyl (C=O) groups excluding carboxylic acids is 1. The van der Waals surface area contributed by atoms with E-state index in [0.29, 0.717) is 11.0 Å². The van der Waals surface area contributed by atoms with Gasteiger partial charge in [-0.3, -0.25) is 10.1 Å². The molecule has 0 aromatic carbocycles. The average Bonchev–Trinajstić information content (AvgIpc) is 3.13. The molecule has 3 rings (SSSR count). The van der Waals surface area contributed by atoms with E-state index in [-0.39, 0.29) is 16.5 Å². The lowest BCUT2D eigenvalue weighted by molar-refractivity contribution is 0.102. The molecule has 7 heteroatoms. The minimum Gasteiger partial charge on any atom is -0.384 e. The Labute approximate surface area is 118 Å². The summed E-state index contributed by atoms with van der Waals surface area (Å²) in [7, 11) is 0. The first-order valence-corrected chi connectivity index (χ1v) is 7.08. The summed E-state index contributed by atoms with van der Waals surface area (Å²) in [6, 6.07) is 3.10. The highest BCUT2D eigenvalue weighted by Crippen LogP contribution is 2.40. The molecule has 0 saturated heterocycles. The van der Waals surface area contributed by atoms with Gasteiger partial charge in [0.2, 0.25) is 0 Å². The van der Waals surface area contributed by atoms with Crippen molar-refractivity contribution in [3.05, 3.63) is 33.9 Å². The number of halogens is 1. The zero-order chi connectivity index (χ0) is 13.4. The molecule has 0 radical (unpaired) electrons. The first-order chi connectivity index (χ1) is 9.13. The van der Waals surface area contributed by atoms with Gasteiger partial charge < -0.3 is 5.73 Å². The second kappa shape index (κ2) is 4.79. The number of aromatic nitrogens is 2. The number of hydrogen-bond acceptors (Lipinski definition) is 5. The summed E-state index contributed by atoms with van der Waals surface area (Å²) in [6.07, 6.45) is 2.36. The van der Waals surface area contributed by atoms with Gasteiger partial charge in [-0.25, -0.2) is 9.97 Å². The van der Waals surface area contributed by atoms with Crippen LogP contribution in [-0.2, 0) is 0 Å². The van der Waals surface area contributed by atoms with Gasteiger partial charge in [-0.2, -0.15) is 0 Å². The molecule has 0 bridgehead atoms. The zero-order valence-corrected chi connectivity index (χ0v) is 11.5. The number of nitrogen functional groups attached to an aromatic ring is 1. The number of amides is 1. The van der Waals surface area contributed by atoms with E-state index in [4.69, 9.17) is 17.3 Å². The van der Waals surface area contributed by atoms with Crippen molar-refractivity contribution in [1.82, 2.24) is 9.97 Å². The van der Waals surface area contributed by atoms with Crippen molar-refractivity contribution >= 4 is 39.8 Å². The van der Waals surface area contributed by atoms with Crippen molar-refractivity contribution in [1.29, 1.82) is 0 Å². The highest BCUT2D eigenvalue weighted by atomic mass is 35.5. The topological polar surface area (TPSA) is 80.9 Å². The van der Waals surface area contributed by atoms with Crippen LogP contribution in [0, 0.1) is 0 Å². The second-order valence-corrected chi connectivity index (χ2v) is 5.64. The van der Waals surface area contributed by atoms with Crippen molar-refractivity contribution in [3.8, 4) is 0 Å². The molecule has 1 amide bonds. The Morgan fingerprint density at radius 2 is 2.21 bits per heavy atom. The molecule has 2 heterocycles. The molecule has 1 aliphatic rings. The van der Waals surface area contributed by atoms with Crippen LogP contribution in [0.25, 0.3) is 0 Å². The van der Waals surface area contributed by atoms with E-state index in [1.807, 2.05) is 5.38 Å². The first-order valence-electron chi connectivity index (χ1n) is 5.82. The van der Waals surface area contributed by atoms with Crippen LogP contribution < -0.4 is 11.1 Å². The minimum atomic E-state index is -0.394. The number of thiazole rings is 1. The van der Waals surface area contributed by atoms with E-state index in [0.717, 1.165) is 5.69 Å². The van der Waals surface area contributed by atoms with E-state index in [2.05, 4.69) is 15.3 Å². The summed E-state index contributed by atoms with van der Waals surface area (Å²) in [4.78, 5) is 20.3. The summed E-state index contributed by atoms with van der Waals surface area (Å²) in [5.41, 5.74) is 6.71. The smallest absolute Gasteiger partial charge is 0.277 e. The van der Waals surface area contributed by atoms with E-state index < -0.39 is 5.91 Å². The predicted octanol–water partition coefficient (Wildman–Crippen LogP) is 2.90. The van der Waals surface area contributed by atoms with Gasteiger partial charge in [-0.05, 0) is 25.0 Å². The number of pyridine rings is 1. The molecule has 19 heavy (non-hydrogen) atoms. The number of nitrogens with zero attached hydrogens (tertiary/aromatic N) is 2. The molecular formula is C12H11ClN4OS. The fourth-order valence-corrected chi connectivity index (χ4v) is 2.66. The minimum absolute atomic E-state index is 0.116. The number of hydrogen-bond donors (Lipinski definition) is 2. The van der Waals surface area contributed by atoms with Crippen LogP contribution in [0.4, 0.5) is 10.9 Å². The maximum absolute atomic E-state index is 12.0. The van der Waals surface area contributed by atoms with E-state index in [1.54, 1.807) is 12.1 Å². The monoisotopic (exact) mass is 294 g/mol. The molecule has 2 aromatic rings. The van der Waals surface area contributed by atoms with Crippen LogP contribution in [0.2, 0.25) is 5.02 Å². The van der Waals surface area contributed by atoms with Gasteiger partial charge in [0.05, 0.1) is 10.7 Å². The molecule has 1 saturated carbocycles. The van der Waals surface area contributed by atoms with E-state index >= 15 is 0 Å². The molecule has 98 valence electrons. The van der Waals surface area contributed by atoms with E-state index in [9.17, 15) is 4.79 Å². The lowest BCUT2D eigenvalue weighted by Crippen LogP contribution is -2.15. The normalized spacial score (nSPS) is 14.4. The highest BCUT2D eigenvalue weighted by molar-refractivity contribution is 7.14. The first kappa shape index (κ1) is 12.4. The molecule has 0 aliphatic heterocycles. The third-order valence-electron chi connectivity index (χ3n) is 2.82. The Morgan fingerprint density at radius 3 is 2.95 bits per heavy atom. The van der Waals surface area contributed by atoms with Gasteiger partial charge in [0, 0.05) is 11.3 Å². The molecule has 2 aromatic heterocycles. The largest absolute Gasteiger partial charge is 0.384 e. The lowest BCUT2D eigenvalue weighted by atomic mass is 10.3. The molecule has 3 N–H and O–H groups in total. The van der Waals surface area contributed by atoms with Crippen molar-refractivity contribution in [2.24, 2.45) is 0 Å². The van der Waals surface area contributed by atoms with Gasteiger partial charge in [-0.1, -0.05) is 11.6 Å². The van der Waals surface area contributed by atoms with Gasteiger partial charge in [0.15, 0.2) is 5.13 Å². The fraction of sp³-hybridized carbons (Fsp3) is 0.250. The Balaban J connectivity index is 1.77. The third kappa shape index (κ3) is 2.69. The second-order valence-electron chi connectivity index (χ2n) is 4.37. The molecular weight excluding hydrogens is 284 g/mol. The number of carbonyl (C=O) groups is 1. The molecule has 1 fully saturated rings. The van der Waals surface area contributed by atoms with E-state index in [1.165, 1.54) is 24.2 Å². The van der Waals surface area contributed by atoms with Crippen LogP contribution in [0.1, 0.15) is 34.9 Å². The van der Waals surface area contributed by atoms with Crippen LogP contribution in [-0.4, -0.2) is 15.9 Å². The Morgan fingerprint density at radius 1 is 1.42 bits per heavy atom. The fourth-order valence-electron chi connectivity index (χ4n) is 1.68. The molecule has 0 spiro atoms. The summed E-state index contributed by atoms with van der Waals surface area (Å²) in [5, 5.41) is 5.50. The predicted molar refractivity (Wildman–Crippen MR) is 75.7 cm³/mol. The van der Waals surface area contributed by atoms with Crippen LogP contribution in [0.3, 0.4) is 0 Å². The Bertz CT molecular complexity index is 638. The average molecular weight is 295 g/mol. The quantitative estimate of drug-likeness (QED) is 0.912. The van der Waals surface area contributed by atoms with Crippen molar-refractivity contribution < 1.29 is 4.79 Å². The van der Waals surface area contributed by atoms with Gasteiger partial charge >= 0.3 is 0 Å². The van der Waals surface area contributed by atoms with Crippen LogP contribution in [0.15, 0.2) is 17.5 Å².